The number of carbonyl (C=O) groups is 2. The maximum absolute atomic E-state index is 12.0. The van der Waals surface area contributed by atoms with Crippen molar-refractivity contribution in [1.29, 1.82) is 0 Å². The first-order valence-corrected chi connectivity index (χ1v) is 7.72. The van der Waals surface area contributed by atoms with E-state index >= 15 is 0 Å². The van der Waals surface area contributed by atoms with E-state index in [1.165, 1.54) is 0 Å². The van der Waals surface area contributed by atoms with Gasteiger partial charge in [0.2, 0.25) is 0 Å². The number of carboxylic acids is 1. The molecule has 0 saturated carbocycles. The van der Waals surface area contributed by atoms with E-state index in [4.69, 9.17) is 5.11 Å². The van der Waals surface area contributed by atoms with Crippen LogP contribution in [0.15, 0.2) is 15.9 Å². The van der Waals surface area contributed by atoms with Gasteiger partial charge < -0.3 is 15.3 Å². The van der Waals surface area contributed by atoms with Gasteiger partial charge in [-0.15, -0.1) is 11.3 Å². The molecule has 0 aliphatic carbocycles. The van der Waals surface area contributed by atoms with Gasteiger partial charge in [-0.1, -0.05) is 0 Å². The molecule has 1 aliphatic rings. The Morgan fingerprint density at radius 3 is 3.00 bits per heavy atom. The summed E-state index contributed by atoms with van der Waals surface area (Å²) in [7, 11) is 0. The minimum Gasteiger partial charge on any atom is -0.481 e. The molecule has 7 heteroatoms. The van der Waals surface area contributed by atoms with Gasteiger partial charge in [0.1, 0.15) is 0 Å². The van der Waals surface area contributed by atoms with Gasteiger partial charge in [-0.05, 0) is 34.8 Å². The average molecular weight is 347 g/mol. The van der Waals surface area contributed by atoms with Crippen molar-refractivity contribution in [3.63, 3.8) is 0 Å². The molecular formula is C12H15BrN2O3S. The highest BCUT2D eigenvalue weighted by Crippen LogP contribution is 2.20. The third-order valence-corrected chi connectivity index (χ3v) is 4.79. The third-order valence-electron chi connectivity index (χ3n) is 3.09. The van der Waals surface area contributed by atoms with Crippen LogP contribution >= 0.6 is 27.3 Å². The Balaban J connectivity index is 1.84. The molecule has 1 aromatic heterocycles. The fourth-order valence-corrected chi connectivity index (χ4v) is 3.47. The Morgan fingerprint density at radius 2 is 2.37 bits per heavy atom. The number of thiophene rings is 1. The number of hydrogen-bond acceptors (Lipinski definition) is 3. The van der Waals surface area contributed by atoms with Crippen molar-refractivity contribution >= 4 is 39.3 Å². The lowest BCUT2D eigenvalue weighted by Crippen LogP contribution is -2.46. The molecular weight excluding hydrogens is 332 g/mol. The van der Waals surface area contributed by atoms with Gasteiger partial charge in [0.25, 0.3) is 0 Å². The molecule has 0 bridgehead atoms. The van der Waals surface area contributed by atoms with Crippen LogP contribution in [-0.4, -0.2) is 35.1 Å². The zero-order valence-corrected chi connectivity index (χ0v) is 12.7. The maximum Gasteiger partial charge on any atom is 0.317 e. The van der Waals surface area contributed by atoms with Crippen molar-refractivity contribution in [2.24, 2.45) is 5.92 Å². The summed E-state index contributed by atoms with van der Waals surface area (Å²) in [4.78, 5) is 25.6. The van der Waals surface area contributed by atoms with Crippen molar-refractivity contribution < 1.29 is 14.7 Å². The Morgan fingerprint density at radius 1 is 1.58 bits per heavy atom. The zero-order valence-electron chi connectivity index (χ0n) is 10.3. The predicted octanol–water partition coefficient (Wildman–Crippen LogP) is 2.52. The number of aliphatic carboxylic acids is 1. The van der Waals surface area contributed by atoms with Crippen LogP contribution in [0.2, 0.25) is 0 Å². The van der Waals surface area contributed by atoms with E-state index in [9.17, 15) is 9.59 Å². The minimum atomic E-state index is -0.820. The number of piperidine rings is 1. The second kappa shape index (κ2) is 6.38. The van der Waals surface area contributed by atoms with Crippen molar-refractivity contribution in [2.75, 3.05) is 13.1 Å². The Bertz CT molecular complexity index is 477. The van der Waals surface area contributed by atoms with Crippen LogP contribution in [0.1, 0.15) is 17.7 Å². The number of amides is 2. The first-order valence-electron chi connectivity index (χ1n) is 6.05. The normalized spacial score (nSPS) is 19.2. The summed E-state index contributed by atoms with van der Waals surface area (Å²) >= 11 is 4.93. The Kier molecular flexibility index (Phi) is 4.81. The van der Waals surface area contributed by atoms with E-state index in [0.29, 0.717) is 26.1 Å². The smallest absolute Gasteiger partial charge is 0.317 e. The van der Waals surface area contributed by atoms with Gasteiger partial charge in [0.05, 0.1) is 12.5 Å². The molecule has 1 aliphatic heterocycles. The molecule has 0 radical (unpaired) electrons. The van der Waals surface area contributed by atoms with Crippen molar-refractivity contribution in [1.82, 2.24) is 10.2 Å². The molecule has 2 N–H and O–H groups in total. The number of carbonyl (C=O) groups excluding carboxylic acids is 1. The third kappa shape index (κ3) is 3.94. The topological polar surface area (TPSA) is 69.6 Å². The number of halogens is 1. The second-order valence-electron chi connectivity index (χ2n) is 4.51. The number of urea groups is 1. The minimum absolute atomic E-state index is 0.185. The number of nitrogens with one attached hydrogen (secondary N) is 1. The fourth-order valence-electron chi connectivity index (χ4n) is 2.08. The van der Waals surface area contributed by atoms with E-state index in [2.05, 4.69) is 21.2 Å². The number of carboxylic acid groups (broad SMARTS) is 1. The van der Waals surface area contributed by atoms with Crippen LogP contribution in [0.4, 0.5) is 4.79 Å². The van der Waals surface area contributed by atoms with E-state index in [0.717, 1.165) is 15.8 Å². The van der Waals surface area contributed by atoms with Gasteiger partial charge in [-0.3, -0.25) is 4.79 Å². The first-order chi connectivity index (χ1) is 9.06. The van der Waals surface area contributed by atoms with E-state index < -0.39 is 11.9 Å². The number of hydrogen-bond donors (Lipinski definition) is 2. The van der Waals surface area contributed by atoms with Crippen molar-refractivity contribution in [2.45, 2.75) is 19.4 Å². The molecule has 2 amide bonds. The van der Waals surface area contributed by atoms with Crippen LogP contribution in [-0.2, 0) is 11.3 Å². The quantitative estimate of drug-likeness (QED) is 0.883. The molecule has 0 unspecified atom stereocenters. The van der Waals surface area contributed by atoms with Crippen LogP contribution in [0.3, 0.4) is 0 Å². The maximum atomic E-state index is 12.0. The lowest BCUT2D eigenvalue weighted by atomic mass is 9.99. The molecule has 1 atom stereocenters. The van der Waals surface area contributed by atoms with Crippen molar-refractivity contribution in [3.8, 4) is 0 Å². The van der Waals surface area contributed by atoms with Crippen LogP contribution in [0.25, 0.3) is 0 Å². The highest BCUT2D eigenvalue weighted by Gasteiger charge is 2.27. The molecule has 1 aromatic rings. The lowest BCUT2D eigenvalue weighted by Gasteiger charge is -2.30. The molecule has 0 spiro atoms. The van der Waals surface area contributed by atoms with Crippen LogP contribution < -0.4 is 5.32 Å². The highest BCUT2D eigenvalue weighted by atomic mass is 79.9. The molecule has 1 fully saturated rings. The number of rotatable bonds is 3. The SMILES string of the molecule is O=C(O)[C@H]1CCCN(C(=O)NCc2cc(Br)cs2)C1. The number of likely N-dealkylation sites (tertiary alicyclic amines) is 1. The van der Waals surface area contributed by atoms with E-state index in [-0.39, 0.29) is 6.03 Å². The molecule has 2 heterocycles. The van der Waals surface area contributed by atoms with Gasteiger partial charge in [0, 0.05) is 27.8 Å². The van der Waals surface area contributed by atoms with Gasteiger partial charge >= 0.3 is 12.0 Å². The predicted molar refractivity (Wildman–Crippen MR) is 76.2 cm³/mol. The standard InChI is InChI=1S/C12H15BrN2O3S/c13-9-4-10(19-7-9)5-14-12(18)15-3-1-2-8(6-15)11(16)17/h4,7-8H,1-3,5-6H2,(H,14,18)(H,16,17)/t8-/m0/s1. The highest BCUT2D eigenvalue weighted by molar-refractivity contribution is 9.10. The summed E-state index contributed by atoms with van der Waals surface area (Å²) < 4.78 is 1.01. The fraction of sp³-hybridized carbons (Fsp3) is 0.500. The Labute approximate surface area is 123 Å². The monoisotopic (exact) mass is 346 g/mol. The average Bonchev–Trinajstić information content (AvgIpc) is 2.82. The van der Waals surface area contributed by atoms with Crippen LogP contribution in [0.5, 0.6) is 0 Å². The molecule has 1 saturated heterocycles. The summed E-state index contributed by atoms with van der Waals surface area (Å²) in [5, 5.41) is 13.8. The van der Waals surface area contributed by atoms with E-state index in [1.54, 1.807) is 16.2 Å². The summed E-state index contributed by atoms with van der Waals surface area (Å²) in [6, 6.07) is 1.77. The second-order valence-corrected chi connectivity index (χ2v) is 6.42. The molecule has 5 nitrogen and oxygen atoms in total. The zero-order chi connectivity index (χ0) is 13.8. The summed E-state index contributed by atoms with van der Waals surface area (Å²) in [5.74, 6) is -1.25. The van der Waals surface area contributed by atoms with Gasteiger partial charge in [0.15, 0.2) is 0 Å². The van der Waals surface area contributed by atoms with Gasteiger partial charge in [-0.2, -0.15) is 0 Å². The largest absolute Gasteiger partial charge is 0.481 e. The molecule has 0 aromatic carbocycles. The van der Waals surface area contributed by atoms with Crippen LogP contribution in [0, 0.1) is 5.92 Å². The molecule has 19 heavy (non-hydrogen) atoms. The summed E-state index contributed by atoms with van der Waals surface area (Å²) in [6.45, 7) is 1.41. The van der Waals surface area contributed by atoms with Crippen molar-refractivity contribution in [3.05, 3.63) is 20.8 Å². The number of nitrogens with zero attached hydrogens (tertiary/aromatic N) is 1. The molecule has 104 valence electrons. The van der Waals surface area contributed by atoms with Gasteiger partial charge in [-0.25, -0.2) is 4.79 Å². The Hall–Kier alpha value is -1.08. The first kappa shape index (κ1) is 14.3. The lowest BCUT2D eigenvalue weighted by molar-refractivity contribution is -0.143. The van der Waals surface area contributed by atoms with E-state index in [1.807, 2.05) is 11.4 Å². The summed E-state index contributed by atoms with van der Waals surface area (Å²) in [5.41, 5.74) is 0. The summed E-state index contributed by atoms with van der Waals surface area (Å²) in [6.07, 6.45) is 1.39. The molecule has 2 rings (SSSR count).